The fraction of sp³-hybridized carbons (Fsp3) is 0.760. The van der Waals surface area contributed by atoms with E-state index in [1.807, 2.05) is 20.8 Å². The number of nitrogens with one attached hydrogen (secondary N) is 3. The third kappa shape index (κ3) is 8.52. The number of amides is 2. The molecule has 4 N–H and O–H groups in total. The summed E-state index contributed by atoms with van der Waals surface area (Å²) >= 11 is 0. The van der Waals surface area contributed by atoms with Gasteiger partial charge in [-0.15, -0.1) is 0 Å². The van der Waals surface area contributed by atoms with Crippen molar-refractivity contribution in [2.75, 3.05) is 30.3 Å². The lowest BCUT2D eigenvalue weighted by Crippen LogP contribution is -2.47. The largest absolute Gasteiger partial charge is 0.444 e. The Balaban J connectivity index is 1.64. The van der Waals surface area contributed by atoms with Crippen molar-refractivity contribution < 1.29 is 19.4 Å². The maximum atomic E-state index is 13.4. The zero-order valence-corrected chi connectivity index (χ0v) is 21.6. The fourth-order valence-electron chi connectivity index (χ4n) is 4.40. The zero-order valence-electron chi connectivity index (χ0n) is 21.6. The summed E-state index contributed by atoms with van der Waals surface area (Å²) in [6, 6.07) is 0.133. The van der Waals surface area contributed by atoms with Gasteiger partial charge in [-0.1, -0.05) is 13.3 Å². The highest BCUT2D eigenvalue weighted by molar-refractivity contribution is 5.98. The molecule has 2 amide bonds. The van der Waals surface area contributed by atoms with Crippen LogP contribution >= 0.6 is 0 Å². The minimum Gasteiger partial charge on any atom is -0.444 e. The minimum atomic E-state index is -0.544. The van der Waals surface area contributed by atoms with E-state index < -0.39 is 11.7 Å². The van der Waals surface area contributed by atoms with Crippen LogP contribution in [-0.4, -0.2) is 75.4 Å². The molecule has 2 heterocycles. The molecule has 10 heteroatoms. The van der Waals surface area contributed by atoms with E-state index in [9.17, 15) is 14.7 Å². The maximum Gasteiger partial charge on any atom is 0.407 e. The first kappa shape index (κ1) is 27.0. The normalized spacial score (nSPS) is 21.3. The van der Waals surface area contributed by atoms with Gasteiger partial charge < -0.3 is 30.7 Å². The van der Waals surface area contributed by atoms with E-state index in [1.165, 1.54) is 0 Å². The average Bonchev–Trinajstić information content (AvgIpc) is 2.80. The maximum absolute atomic E-state index is 13.4. The van der Waals surface area contributed by atoms with Crippen molar-refractivity contribution >= 4 is 23.8 Å². The number of rotatable bonds is 8. The molecule has 3 rings (SSSR count). The number of carbonyl (C=O) groups is 2. The summed E-state index contributed by atoms with van der Waals surface area (Å²) in [7, 11) is 0. The third-order valence-electron chi connectivity index (χ3n) is 6.37. The Morgan fingerprint density at radius 2 is 1.80 bits per heavy atom. The number of alkyl carbamates (subject to hydrolysis) is 1. The summed E-state index contributed by atoms with van der Waals surface area (Å²) in [6.45, 7) is 9.47. The van der Waals surface area contributed by atoms with E-state index in [4.69, 9.17) is 4.74 Å². The zero-order chi connectivity index (χ0) is 25.4. The topological polar surface area (TPSA) is 129 Å². The van der Waals surface area contributed by atoms with Crippen LogP contribution in [0.25, 0.3) is 0 Å². The molecule has 35 heavy (non-hydrogen) atoms. The lowest BCUT2D eigenvalue weighted by atomic mass is 9.93. The molecule has 1 aromatic heterocycles. The molecular formula is C25H42N6O4. The molecule has 1 aromatic rings. The molecule has 0 unspecified atom stereocenters. The number of aromatic nitrogens is 2. The molecule has 0 bridgehead atoms. The minimum absolute atomic E-state index is 0.0263. The highest BCUT2D eigenvalue weighted by Crippen LogP contribution is 2.25. The lowest BCUT2D eigenvalue weighted by molar-refractivity contribution is 0.0473. The Morgan fingerprint density at radius 1 is 1.11 bits per heavy atom. The number of aliphatic hydroxyl groups is 1. The van der Waals surface area contributed by atoms with Gasteiger partial charge in [-0.25, -0.2) is 9.78 Å². The van der Waals surface area contributed by atoms with Gasteiger partial charge in [0.1, 0.15) is 17.0 Å². The fourth-order valence-corrected chi connectivity index (χ4v) is 4.40. The Bertz CT molecular complexity index is 843. The molecule has 1 saturated carbocycles. The van der Waals surface area contributed by atoms with Crippen molar-refractivity contribution in [2.45, 2.75) is 103 Å². The standard InChI is InChI=1S/C25H42N6O4/c1-5-6-13-26-23-27-16-20(21(30-23)28-17-7-9-19(32)10-8-17)22(33)31-14-11-18(12-15-31)29-24(34)35-25(2,3)4/h16-19,32H,5-15H2,1-4H3,(H,29,34)(H2,26,27,28,30)/t17-,19-. The summed E-state index contributed by atoms with van der Waals surface area (Å²) in [4.78, 5) is 36.4. The van der Waals surface area contributed by atoms with Gasteiger partial charge in [-0.2, -0.15) is 4.98 Å². The van der Waals surface area contributed by atoms with Crippen molar-refractivity contribution in [1.82, 2.24) is 20.2 Å². The third-order valence-corrected chi connectivity index (χ3v) is 6.37. The van der Waals surface area contributed by atoms with Crippen LogP contribution < -0.4 is 16.0 Å². The summed E-state index contributed by atoms with van der Waals surface area (Å²) in [5.74, 6) is 0.937. The molecule has 1 aliphatic heterocycles. The van der Waals surface area contributed by atoms with Gasteiger partial charge in [0.2, 0.25) is 5.95 Å². The van der Waals surface area contributed by atoms with Crippen LogP contribution in [0.2, 0.25) is 0 Å². The van der Waals surface area contributed by atoms with E-state index in [-0.39, 0.29) is 24.1 Å². The van der Waals surface area contributed by atoms with Crippen molar-refractivity contribution in [3.05, 3.63) is 11.8 Å². The molecule has 2 fully saturated rings. The van der Waals surface area contributed by atoms with E-state index in [0.717, 1.165) is 45.1 Å². The van der Waals surface area contributed by atoms with Crippen LogP contribution in [0.15, 0.2) is 6.20 Å². The molecule has 2 aliphatic rings. The second-order valence-corrected chi connectivity index (χ2v) is 10.6. The number of aliphatic hydroxyl groups excluding tert-OH is 1. The van der Waals surface area contributed by atoms with Gasteiger partial charge in [0.25, 0.3) is 5.91 Å². The molecule has 0 spiro atoms. The smallest absolute Gasteiger partial charge is 0.407 e. The van der Waals surface area contributed by atoms with Crippen molar-refractivity contribution in [3.63, 3.8) is 0 Å². The molecule has 1 saturated heterocycles. The molecular weight excluding hydrogens is 448 g/mol. The Morgan fingerprint density at radius 3 is 2.43 bits per heavy atom. The van der Waals surface area contributed by atoms with Gasteiger partial charge in [0.05, 0.1) is 6.10 Å². The van der Waals surface area contributed by atoms with Gasteiger partial charge in [-0.05, 0) is 65.7 Å². The number of piperidine rings is 1. The molecule has 10 nitrogen and oxygen atoms in total. The number of likely N-dealkylation sites (tertiary alicyclic amines) is 1. The van der Waals surface area contributed by atoms with Crippen LogP contribution in [0, 0.1) is 0 Å². The van der Waals surface area contributed by atoms with Crippen LogP contribution in [0.3, 0.4) is 0 Å². The van der Waals surface area contributed by atoms with Crippen LogP contribution in [0.5, 0.6) is 0 Å². The summed E-state index contributed by atoms with van der Waals surface area (Å²) in [6.07, 6.45) is 7.48. The van der Waals surface area contributed by atoms with Gasteiger partial charge in [0, 0.05) is 37.9 Å². The number of anilines is 2. The predicted octanol–water partition coefficient (Wildman–Crippen LogP) is 3.53. The highest BCUT2D eigenvalue weighted by Gasteiger charge is 2.29. The molecule has 0 radical (unpaired) electrons. The first-order chi connectivity index (χ1) is 16.6. The summed E-state index contributed by atoms with van der Waals surface area (Å²) < 4.78 is 5.35. The van der Waals surface area contributed by atoms with E-state index >= 15 is 0 Å². The van der Waals surface area contributed by atoms with Crippen LogP contribution in [-0.2, 0) is 4.74 Å². The second-order valence-electron chi connectivity index (χ2n) is 10.6. The van der Waals surface area contributed by atoms with Crippen molar-refractivity contribution in [2.24, 2.45) is 0 Å². The molecule has 196 valence electrons. The Hall–Kier alpha value is -2.62. The van der Waals surface area contributed by atoms with Crippen molar-refractivity contribution in [1.29, 1.82) is 0 Å². The van der Waals surface area contributed by atoms with Gasteiger partial charge in [-0.3, -0.25) is 4.79 Å². The number of carbonyl (C=O) groups excluding carboxylic acids is 2. The molecule has 0 aromatic carbocycles. The summed E-state index contributed by atoms with van der Waals surface area (Å²) in [5.41, 5.74) is -0.0892. The first-order valence-corrected chi connectivity index (χ1v) is 13.0. The van der Waals surface area contributed by atoms with Crippen LogP contribution in [0.1, 0.15) is 89.4 Å². The Labute approximate surface area is 208 Å². The number of hydrogen-bond donors (Lipinski definition) is 4. The van der Waals surface area contributed by atoms with Gasteiger partial charge >= 0.3 is 6.09 Å². The number of ether oxygens (including phenoxy) is 1. The predicted molar refractivity (Wildman–Crippen MR) is 136 cm³/mol. The van der Waals surface area contributed by atoms with Crippen molar-refractivity contribution in [3.8, 4) is 0 Å². The second kappa shape index (κ2) is 12.4. The number of hydrogen-bond acceptors (Lipinski definition) is 8. The first-order valence-electron chi connectivity index (χ1n) is 13.0. The van der Waals surface area contributed by atoms with Crippen LogP contribution in [0.4, 0.5) is 16.6 Å². The molecule has 1 aliphatic carbocycles. The number of unbranched alkanes of at least 4 members (excludes halogenated alkanes) is 1. The lowest BCUT2D eigenvalue weighted by Gasteiger charge is -2.33. The SMILES string of the molecule is CCCCNc1ncc(C(=O)N2CCC(NC(=O)OC(C)(C)C)CC2)c(N[C@H]2CC[C@H](O)CC2)n1. The Kier molecular flexibility index (Phi) is 9.54. The quantitative estimate of drug-likeness (QED) is 0.407. The average molecular weight is 491 g/mol. The summed E-state index contributed by atoms with van der Waals surface area (Å²) in [5, 5.41) is 19.4. The molecule has 0 atom stereocenters. The monoisotopic (exact) mass is 490 g/mol. The van der Waals surface area contributed by atoms with Gasteiger partial charge in [0.15, 0.2) is 0 Å². The number of nitrogens with zero attached hydrogens (tertiary/aromatic N) is 3. The van der Waals surface area contributed by atoms with E-state index in [0.29, 0.717) is 43.3 Å². The van der Waals surface area contributed by atoms with E-state index in [2.05, 4.69) is 32.8 Å². The van der Waals surface area contributed by atoms with E-state index in [1.54, 1.807) is 11.1 Å². The highest BCUT2D eigenvalue weighted by atomic mass is 16.6.